The summed E-state index contributed by atoms with van der Waals surface area (Å²) in [6.45, 7) is 2.55. The molecular formula is C14H18ClNO2. The van der Waals surface area contributed by atoms with Crippen LogP contribution in [0.5, 0.6) is 0 Å². The van der Waals surface area contributed by atoms with Crippen molar-refractivity contribution in [3.63, 3.8) is 0 Å². The molecule has 0 amide bonds. The lowest BCUT2D eigenvalue weighted by atomic mass is 9.92. The van der Waals surface area contributed by atoms with Gasteiger partial charge in [-0.15, -0.1) is 0 Å². The number of benzene rings is 1. The normalized spacial score (nSPS) is 27.3. The average molecular weight is 268 g/mol. The molecule has 0 aliphatic carbocycles. The molecule has 4 heteroatoms. The molecule has 1 spiro atoms. The van der Waals surface area contributed by atoms with Crippen molar-refractivity contribution in [2.24, 2.45) is 0 Å². The molecule has 1 unspecified atom stereocenters. The number of halogens is 1. The zero-order valence-electron chi connectivity index (χ0n) is 10.3. The fourth-order valence-electron chi connectivity index (χ4n) is 2.73. The van der Waals surface area contributed by atoms with Crippen molar-refractivity contribution in [2.75, 3.05) is 19.8 Å². The fraction of sp³-hybridized carbons (Fsp3) is 0.571. The minimum absolute atomic E-state index is 0.286. The van der Waals surface area contributed by atoms with E-state index in [0.29, 0.717) is 0 Å². The van der Waals surface area contributed by atoms with Gasteiger partial charge in [0.05, 0.1) is 13.2 Å². The molecular weight excluding hydrogens is 250 g/mol. The molecule has 0 radical (unpaired) electrons. The van der Waals surface area contributed by atoms with Gasteiger partial charge in [-0.05, 0) is 24.1 Å². The van der Waals surface area contributed by atoms with Gasteiger partial charge in [-0.25, -0.2) is 0 Å². The fourth-order valence-corrected chi connectivity index (χ4v) is 2.86. The summed E-state index contributed by atoms with van der Waals surface area (Å²) in [6.07, 6.45) is 2.80. The molecule has 1 aromatic rings. The molecule has 2 aliphatic rings. The molecule has 2 heterocycles. The first-order valence-corrected chi connectivity index (χ1v) is 6.92. The third-order valence-corrected chi connectivity index (χ3v) is 3.96. The molecule has 0 saturated carbocycles. The zero-order valence-corrected chi connectivity index (χ0v) is 11.1. The number of piperidine rings is 1. The topological polar surface area (TPSA) is 30.5 Å². The van der Waals surface area contributed by atoms with Crippen LogP contribution in [0, 0.1) is 0 Å². The van der Waals surface area contributed by atoms with Gasteiger partial charge in [-0.1, -0.05) is 23.7 Å². The Labute approximate surface area is 112 Å². The van der Waals surface area contributed by atoms with Crippen molar-refractivity contribution < 1.29 is 9.47 Å². The van der Waals surface area contributed by atoms with Crippen LogP contribution in [0.1, 0.15) is 30.9 Å². The molecule has 2 saturated heterocycles. The smallest absolute Gasteiger partial charge is 0.171 e. The van der Waals surface area contributed by atoms with Gasteiger partial charge < -0.3 is 14.8 Å². The summed E-state index contributed by atoms with van der Waals surface area (Å²) in [6, 6.07) is 8.29. The second-order valence-electron chi connectivity index (χ2n) is 4.97. The summed E-state index contributed by atoms with van der Waals surface area (Å²) in [5.74, 6) is -0.367. The highest BCUT2D eigenvalue weighted by atomic mass is 35.5. The van der Waals surface area contributed by atoms with E-state index in [4.69, 9.17) is 21.1 Å². The van der Waals surface area contributed by atoms with Crippen LogP contribution < -0.4 is 5.32 Å². The zero-order chi connectivity index (χ0) is 12.4. The van der Waals surface area contributed by atoms with E-state index in [1.165, 1.54) is 5.56 Å². The number of hydrogen-bond acceptors (Lipinski definition) is 3. The summed E-state index contributed by atoms with van der Waals surface area (Å²) < 4.78 is 11.8. The Morgan fingerprint density at radius 3 is 2.61 bits per heavy atom. The van der Waals surface area contributed by atoms with Crippen LogP contribution in [-0.2, 0) is 9.47 Å². The van der Waals surface area contributed by atoms with E-state index in [1.54, 1.807) is 0 Å². The van der Waals surface area contributed by atoms with E-state index in [1.807, 2.05) is 12.1 Å². The van der Waals surface area contributed by atoms with Gasteiger partial charge in [-0.3, -0.25) is 0 Å². The maximum absolute atomic E-state index is 5.92. The number of rotatable bonds is 1. The summed E-state index contributed by atoms with van der Waals surface area (Å²) in [7, 11) is 0. The Morgan fingerprint density at radius 2 is 1.89 bits per heavy atom. The summed E-state index contributed by atoms with van der Waals surface area (Å²) in [5, 5.41) is 4.30. The summed E-state index contributed by atoms with van der Waals surface area (Å²) in [4.78, 5) is 0. The van der Waals surface area contributed by atoms with Gasteiger partial charge in [0.25, 0.3) is 0 Å². The van der Waals surface area contributed by atoms with Crippen LogP contribution in [-0.4, -0.2) is 25.5 Å². The lowest BCUT2D eigenvalue weighted by molar-refractivity contribution is -0.281. The third kappa shape index (κ3) is 2.54. The van der Waals surface area contributed by atoms with Crippen LogP contribution in [0.4, 0.5) is 0 Å². The molecule has 1 aromatic carbocycles. The molecule has 3 rings (SSSR count). The molecule has 0 bridgehead atoms. The van der Waals surface area contributed by atoms with Gasteiger partial charge in [0, 0.05) is 30.5 Å². The predicted molar refractivity (Wildman–Crippen MR) is 70.7 cm³/mol. The Bertz CT molecular complexity index is 395. The van der Waals surface area contributed by atoms with E-state index < -0.39 is 0 Å². The number of ether oxygens (including phenoxy) is 2. The van der Waals surface area contributed by atoms with Crippen molar-refractivity contribution in [1.82, 2.24) is 5.32 Å². The van der Waals surface area contributed by atoms with Crippen LogP contribution in [0.25, 0.3) is 0 Å². The predicted octanol–water partition coefficient (Wildman–Crippen LogP) is 2.90. The van der Waals surface area contributed by atoms with Crippen molar-refractivity contribution in [3.8, 4) is 0 Å². The average Bonchev–Trinajstić information content (AvgIpc) is 2.40. The van der Waals surface area contributed by atoms with Crippen LogP contribution >= 0.6 is 11.6 Å². The highest BCUT2D eigenvalue weighted by molar-refractivity contribution is 6.30. The van der Waals surface area contributed by atoms with E-state index in [-0.39, 0.29) is 11.8 Å². The molecule has 3 nitrogen and oxygen atoms in total. The molecule has 2 aliphatic heterocycles. The van der Waals surface area contributed by atoms with Gasteiger partial charge in [0.1, 0.15) is 0 Å². The Balaban J connectivity index is 1.75. The number of hydrogen-bond donors (Lipinski definition) is 1. The van der Waals surface area contributed by atoms with Crippen molar-refractivity contribution in [1.29, 1.82) is 0 Å². The molecule has 0 aromatic heterocycles. The third-order valence-electron chi connectivity index (χ3n) is 3.70. The SMILES string of the molecule is Clc1ccc(C2CC3(CCN2)OCCCO3)cc1. The van der Waals surface area contributed by atoms with E-state index >= 15 is 0 Å². The quantitative estimate of drug-likeness (QED) is 0.849. The maximum Gasteiger partial charge on any atom is 0.171 e. The van der Waals surface area contributed by atoms with Gasteiger partial charge >= 0.3 is 0 Å². The minimum Gasteiger partial charge on any atom is -0.350 e. The standard InChI is InChI=1S/C14H18ClNO2/c15-12-4-2-11(3-5-12)13-10-14(6-7-16-13)17-8-1-9-18-14/h2-5,13,16H,1,6-10H2. The Morgan fingerprint density at radius 1 is 1.17 bits per heavy atom. The molecule has 1 N–H and O–H groups in total. The molecule has 1 atom stereocenters. The molecule has 2 fully saturated rings. The van der Waals surface area contributed by atoms with Crippen LogP contribution in [0.3, 0.4) is 0 Å². The Hall–Kier alpha value is -0.610. The minimum atomic E-state index is -0.367. The molecule has 98 valence electrons. The van der Waals surface area contributed by atoms with Crippen molar-refractivity contribution in [2.45, 2.75) is 31.1 Å². The van der Waals surface area contributed by atoms with Crippen LogP contribution in [0.2, 0.25) is 5.02 Å². The maximum atomic E-state index is 5.92. The first-order valence-electron chi connectivity index (χ1n) is 6.54. The van der Waals surface area contributed by atoms with E-state index in [2.05, 4.69) is 17.4 Å². The van der Waals surface area contributed by atoms with Crippen LogP contribution in [0.15, 0.2) is 24.3 Å². The van der Waals surface area contributed by atoms with E-state index in [9.17, 15) is 0 Å². The van der Waals surface area contributed by atoms with E-state index in [0.717, 1.165) is 44.0 Å². The largest absolute Gasteiger partial charge is 0.350 e. The summed E-state index contributed by atoms with van der Waals surface area (Å²) >= 11 is 5.92. The van der Waals surface area contributed by atoms with Gasteiger partial charge in [0.15, 0.2) is 5.79 Å². The second kappa shape index (κ2) is 5.17. The lowest BCUT2D eigenvalue weighted by Crippen LogP contribution is -2.49. The second-order valence-corrected chi connectivity index (χ2v) is 5.41. The molecule has 18 heavy (non-hydrogen) atoms. The van der Waals surface area contributed by atoms with Gasteiger partial charge in [-0.2, -0.15) is 0 Å². The van der Waals surface area contributed by atoms with Crippen molar-refractivity contribution in [3.05, 3.63) is 34.9 Å². The Kier molecular flexibility index (Phi) is 3.57. The first-order chi connectivity index (χ1) is 8.77. The highest BCUT2D eigenvalue weighted by Gasteiger charge is 2.40. The summed E-state index contributed by atoms with van der Waals surface area (Å²) in [5.41, 5.74) is 1.25. The monoisotopic (exact) mass is 267 g/mol. The van der Waals surface area contributed by atoms with Gasteiger partial charge in [0.2, 0.25) is 0 Å². The first kappa shape index (κ1) is 12.4. The number of nitrogens with one attached hydrogen (secondary N) is 1. The highest BCUT2D eigenvalue weighted by Crippen LogP contribution is 2.36. The lowest BCUT2D eigenvalue weighted by Gasteiger charge is -2.43. The van der Waals surface area contributed by atoms with Crippen molar-refractivity contribution >= 4 is 11.6 Å².